The van der Waals surface area contributed by atoms with Gasteiger partial charge in [-0.1, -0.05) is 54.9 Å². The lowest BCUT2D eigenvalue weighted by Gasteiger charge is -2.25. The maximum Gasteiger partial charge on any atom is 0.277 e. The number of hydrogen-bond donors (Lipinski definition) is 1. The van der Waals surface area contributed by atoms with Crippen molar-refractivity contribution >= 4 is 17.7 Å². The van der Waals surface area contributed by atoms with Gasteiger partial charge in [0.05, 0.1) is 11.8 Å². The van der Waals surface area contributed by atoms with Gasteiger partial charge in [-0.3, -0.25) is 4.79 Å². The first-order chi connectivity index (χ1) is 14.2. The van der Waals surface area contributed by atoms with Crippen molar-refractivity contribution in [1.29, 1.82) is 0 Å². The summed E-state index contributed by atoms with van der Waals surface area (Å²) >= 11 is 1.21. The summed E-state index contributed by atoms with van der Waals surface area (Å²) < 4.78 is 19.0. The van der Waals surface area contributed by atoms with Crippen molar-refractivity contribution in [3.63, 3.8) is 0 Å². The van der Waals surface area contributed by atoms with E-state index in [-0.39, 0.29) is 23.5 Å². The molecule has 1 heterocycles. The van der Waals surface area contributed by atoms with E-state index in [1.165, 1.54) is 23.9 Å². The van der Waals surface area contributed by atoms with Gasteiger partial charge in [0.15, 0.2) is 0 Å². The van der Waals surface area contributed by atoms with Gasteiger partial charge in [-0.05, 0) is 48.6 Å². The van der Waals surface area contributed by atoms with E-state index in [1.54, 1.807) is 12.1 Å². The van der Waals surface area contributed by atoms with Crippen LogP contribution in [0.5, 0.6) is 0 Å². The monoisotopic (exact) mass is 411 g/mol. The normalized spacial score (nSPS) is 15.3. The van der Waals surface area contributed by atoms with Gasteiger partial charge in [-0.15, -0.1) is 10.2 Å². The number of carbonyl (C=O) groups is 1. The minimum absolute atomic E-state index is 0.101. The van der Waals surface area contributed by atoms with E-state index in [0.29, 0.717) is 17.0 Å². The van der Waals surface area contributed by atoms with Gasteiger partial charge in [0.1, 0.15) is 5.82 Å². The molecule has 0 spiro atoms. The molecular formula is C22H22FN3O2S. The summed E-state index contributed by atoms with van der Waals surface area (Å²) in [5, 5.41) is 11.5. The Morgan fingerprint density at radius 1 is 1.10 bits per heavy atom. The van der Waals surface area contributed by atoms with Crippen molar-refractivity contribution in [3.05, 3.63) is 66.0 Å². The quantitative estimate of drug-likeness (QED) is 0.553. The summed E-state index contributed by atoms with van der Waals surface area (Å²) in [6, 6.07) is 15.8. The Hall–Kier alpha value is -2.67. The second kappa shape index (κ2) is 9.22. The topological polar surface area (TPSA) is 68.0 Å². The molecule has 1 N–H and O–H groups in total. The number of thioether (sulfide) groups is 1. The lowest BCUT2D eigenvalue weighted by molar-refractivity contribution is -0.119. The third-order valence-corrected chi connectivity index (χ3v) is 5.99. The molecule has 1 amide bonds. The van der Waals surface area contributed by atoms with Gasteiger partial charge in [-0.25, -0.2) is 4.39 Å². The van der Waals surface area contributed by atoms with Gasteiger partial charge in [-0.2, -0.15) is 0 Å². The molecule has 0 saturated heterocycles. The molecule has 1 saturated carbocycles. The maximum atomic E-state index is 13.3. The number of amides is 1. The molecule has 0 bridgehead atoms. The fourth-order valence-corrected chi connectivity index (χ4v) is 4.32. The van der Waals surface area contributed by atoms with Crippen molar-refractivity contribution in [2.45, 2.75) is 36.9 Å². The maximum absolute atomic E-state index is 13.3. The molecule has 7 heteroatoms. The molecular weight excluding hydrogens is 389 g/mol. The summed E-state index contributed by atoms with van der Waals surface area (Å²) in [7, 11) is 0. The van der Waals surface area contributed by atoms with Crippen LogP contribution in [0.4, 0.5) is 4.39 Å². The second-order valence-corrected chi connectivity index (χ2v) is 8.10. The molecule has 1 fully saturated rings. The number of hydrogen-bond acceptors (Lipinski definition) is 5. The van der Waals surface area contributed by atoms with Crippen molar-refractivity contribution in [2.24, 2.45) is 5.92 Å². The van der Waals surface area contributed by atoms with E-state index in [2.05, 4.69) is 15.5 Å². The number of halogens is 1. The van der Waals surface area contributed by atoms with E-state index in [4.69, 9.17) is 4.42 Å². The minimum Gasteiger partial charge on any atom is -0.411 e. The molecule has 1 atom stereocenters. The highest BCUT2D eigenvalue weighted by Crippen LogP contribution is 2.36. The van der Waals surface area contributed by atoms with Crippen LogP contribution in [0.3, 0.4) is 0 Å². The Kier molecular flexibility index (Phi) is 6.24. The Balaban J connectivity index is 1.38. The number of nitrogens with zero attached hydrogens (tertiary/aromatic N) is 2. The summed E-state index contributed by atoms with van der Waals surface area (Å²) in [5.74, 6) is 0.620. The highest BCUT2D eigenvalue weighted by atomic mass is 32.2. The van der Waals surface area contributed by atoms with E-state index in [0.717, 1.165) is 36.8 Å². The fraction of sp³-hybridized carbons (Fsp3) is 0.318. The summed E-state index contributed by atoms with van der Waals surface area (Å²) in [6.07, 6.45) is 4.47. The third-order valence-electron chi connectivity index (χ3n) is 5.17. The van der Waals surface area contributed by atoms with Crippen molar-refractivity contribution in [2.75, 3.05) is 5.75 Å². The molecule has 0 radical (unpaired) electrons. The van der Waals surface area contributed by atoms with Crippen molar-refractivity contribution in [1.82, 2.24) is 15.5 Å². The third kappa shape index (κ3) is 5.03. The Labute approximate surface area is 173 Å². The number of nitrogens with one attached hydrogen (secondary N) is 1. The van der Waals surface area contributed by atoms with Crippen LogP contribution < -0.4 is 5.32 Å². The molecule has 0 aliphatic heterocycles. The standard InChI is InChI=1S/C22H22FN3O2S/c23-18-12-10-16(11-13-18)20(15-6-4-5-7-15)24-19(27)14-29-22-26-25-21(28-22)17-8-2-1-3-9-17/h1-3,8-13,15,20H,4-7,14H2,(H,24,27). The predicted octanol–water partition coefficient (Wildman–Crippen LogP) is 5.02. The van der Waals surface area contributed by atoms with Gasteiger partial charge in [0, 0.05) is 5.56 Å². The fourth-order valence-electron chi connectivity index (χ4n) is 3.74. The van der Waals surface area contributed by atoms with Crippen LogP contribution in [0.25, 0.3) is 11.5 Å². The molecule has 2 aromatic carbocycles. The lowest BCUT2D eigenvalue weighted by Crippen LogP contribution is -2.33. The van der Waals surface area contributed by atoms with E-state index >= 15 is 0 Å². The molecule has 1 aliphatic carbocycles. The van der Waals surface area contributed by atoms with E-state index < -0.39 is 0 Å². The van der Waals surface area contributed by atoms with Gasteiger partial charge in [0.2, 0.25) is 11.8 Å². The first-order valence-corrected chi connectivity index (χ1v) is 10.7. The van der Waals surface area contributed by atoms with Crippen LogP contribution >= 0.6 is 11.8 Å². The number of rotatable bonds is 7. The van der Waals surface area contributed by atoms with Gasteiger partial charge >= 0.3 is 0 Å². The van der Waals surface area contributed by atoms with E-state index in [1.807, 2.05) is 30.3 Å². The zero-order valence-electron chi connectivity index (χ0n) is 15.9. The number of benzene rings is 2. The highest BCUT2D eigenvalue weighted by molar-refractivity contribution is 7.99. The van der Waals surface area contributed by atoms with Gasteiger partial charge < -0.3 is 9.73 Å². The van der Waals surface area contributed by atoms with Crippen LogP contribution in [0.2, 0.25) is 0 Å². The molecule has 1 aliphatic rings. The summed E-state index contributed by atoms with van der Waals surface area (Å²) in [6.45, 7) is 0. The first-order valence-electron chi connectivity index (χ1n) is 9.75. The number of aromatic nitrogens is 2. The Morgan fingerprint density at radius 3 is 2.55 bits per heavy atom. The molecule has 1 aromatic heterocycles. The summed E-state index contributed by atoms with van der Waals surface area (Å²) in [5.41, 5.74) is 1.79. The number of carbonyl (C=O) groups excluding carboxylic acids is 1. The SMILES string of the molecule is O=C(CSc1nnc(-c2ccccc2)o1)NC(c1ccc(F)cc1)C1CCCC1. The van der Waals surface area contributed by atoms with Crippen LogP contribution in [0.1, 0.15) is 37.3 Å². The van der Waals surface area contributed by atoms with Crippen LogP contribution in [-0.4, -0.2) is 21.9 Å². The van der Waals surface area contributed by atoms with Crippen molar-refractivity contribution < 1.29 is 13.6 Å². The molecule has 29 heavy (non-hydrogen) atoms. The molecule has 5 nitrogen and oxygen atoms in total. The van der Waals surface area contributed by atoms with Crippen LogP contribution in [0, 0.1) is 11.7 Å². The molecule has 1 unspecified atom stereocenters. The predicted molar refractivity (Wildman–Crippen MR) is 110 cm³/mol. The Bertz CT molecular complexity index is 940. The summed E-state index contributed by atoms with van der Waals surface area (Å²) in [4.78, 5) is 12.6. The largest absolute Gasteiger partial charge is 0.411 e. The smallest absolute Gasteiger partial charge is 0.277 e. The second-order valence-electron chi connectivity index (χ2n) is 7.17. The Morgan fingerprint density at radius 2 is 1.83 bits per heavy atom. The molecule has 150 valence electrons. The van der Waals surface area contributed by atoms with Gasteiger partial charge in [0.25, 0.3) is 5.22 Å². The molecule has 4 rings (SSSR count). The zero-order valence-corrected chi connectivity index (χ0v) is 16.7. The van der Waals surface area contributed by atoms with Crippen LogP contribution in [0.15, 0.2) is 64.2 Å². The average Bonchev–Trinajstić information content (AvgIpc) is 3.44. The van der Waals surface area contributed by atoms with E-state index in [9.17, 15) is 9.18 Å². The zero-order chi connectivity index (χ0) is 20.1. The first kappa shape index (κ1) is 19.6. The minimum atomic E-state index is -0.272. The lowest BCUT2D eigenvalue weighted by atomic mass is 9.91. The average molecular weight is 412 g/mol. The molecule has 3 aromatic rings. The highest BCUT2D eigenvalue weighted by Gasteiger charge is 2.28. The van der Waals surface area contributed by atoms with Crippen molar-refractivity contribution in [3.8, 4) is 11.5 Å². The van der Waals surface area contributed by atoms with Crippen LogP contribution in [-0.2, 0) is 4.79 Å².